The molecule has 1 amide bonds. The van der Waals surface area contributed by atoms with Crippen molar-refractivity contribution in [2.24, 2.45) is 5.73 Å². The van der Waals surface area contributed by atoms with Gasteiger partial charge in [0.05, 0.1) is 37.5 Å². The minimum absolute atomic E-state index is 0.0185. The van der Waals surface area contributed by atoms with Crippen LogP contribution in [-0.4, -0.2) is 48.4 Å². The molecule has 0 saturated heterocycles. The molecule has 1 atom stereocenters. The predicted octanol–water partition coefficient (Wildman–Crippen LogP) is 4.87. The summed E-state index contributed by atoms with van der Waals surface area (Å²) in [5.74, 6) is 1.09. The number of aryl methyl sites for hydroxylation is 1. The number of amides is 1. The van der Waals surface area contributed by atoms with Gasteiger partial charge in [-0.3, -0.25) is 14.5 Å². The number of allylic oxidation sites excluding steroid dienone is 3. The van der Waals surface area contributed by atoms with E-state index in [1.807, 2.05) is 42.5 Å². The van der Waals surface area contributed by atoms with Crippen molar-refractivity contribution in [1.29, 1.82) is 5.26 Å². The fourth-order valence-electron chi connectivity index (χ4n) is 5.50. The molecular formula is C32H34N6O4S2. The van der Waals surface area contributed by atoms with Crippen molar-refractivity contribution in [2.75, 3.05) is 31.4 Å². The fourth-order valence-corrected chi connectivity index (χ4v) is 7.21. The normalized spacial score (nSPS) is 16.5. The van der Waals surface area contributed by atoms with E-state index in [0.717, 1.165) is 23.2 Å². The number of nitrogens with one attached hydrogen (secondary N) is 1. The zero-order valence-corrected chi connectivity index (χ0v) is 26.5. The minimum Gasteiger partial charge on any atom is -0.493 e. The summed E-state index contributed by atoms with van der Waals surface area (Å²) in [6.45, 7) is 2.55. The Labute approximate surface area is 264 Å². The SMILES string of the molecule is CCc1ccc(C2C(C#N)=C(N)N(c3nnc(SCC(=O)NCCc4ccc(OC)c(OC)c4)s3)C3=C2C(=O)CCC3)cc1. The van der Waals surface area contributed by atoms with Crippen LogP contribution in [0.15, 0.2) is 69.5 Å². The van der Waals surface area contributed by atoms with Crippen LogP contribution in [0, 0.1) is 11.3 Å². The van der Waals surface area contributed by atoms with E-state index in [4.69, 9.17) is 15.2 Å². The summed E-state index contributed by atoms with van der Waals surface area (Å²) in [7, 11) is 3.18. The average molecular weight is 631 g/mol. The van der Waals surface area contributed by atoms with Crippen molar-refractivity contribution in [2.45, 2.75) is 49.3 Å². The van der Waals surface area contributed by atoms with Crippen LogP contribution < -0.4 is 25.4 Å². The Morgan fingerprint density at radius 1 is 1.14 bits per heavy atom. The monoisotopic (exact) mass is 630 g/mol. The Balaban J connectivity index is 1.28. The van der Waals surface area contributed by atoms with E-state index in [-0.39, 0.29) is 23.3 Å². The molecule has 1 aromatic heterocycles. The quantitative estimate of drug-likeness (QED) is 0.282. The Morgan fingerprint density at radius 3 is 2.59 bits per heavy atom. The van der Waals surface area contributed by atoms with Gasteiger partial charge in [-0.05, 0) is 54.5 Å². The van der Waals surface area contributed by atoms with E-state index in [2.05, 4.69) is 28.5 Å². The van der Waals surface area contributed by atoms with Gasteiger partial charge in [0.15, 0.2) is 21.6 Å². The Morgan fingerprint density at radius 2 is 1.89 bits per heavy atom. The summed E-state index contributed by atoms with van der Waals surface area (Å²) in [6.07, 6.45) is 3.28. The maximum Gasteiger partial charge on any atom is 0.230 e. The zero-order valence-electron chi connectivity index (χ0n) is 24.9. The third-order valence-electron chi connectivity index (χ3n) is 7.73. The number of nitrogens with zero attached hydrogens (tertiary/aromatic N) is 4. The number of hydrogen-bond acceptors (Lipinski definition) is 11. The van der Waals surface area contributed by atoms with E-state index in [9.17, 15) is 14.9 Å². The maximum absolute atomic E-state index is 13.4. The van der Waals surface area contributed by atoms with Gasteiger partial charge in [-0.2, -0.15) is 5.26 Å². The van der Waals surface area contributed by atoms with Crippen LogP contribution in [0.1, 0.15) is 48.8 Å². The molecule has 1 aliphatic carbocycles. The number of ether oxygens (including phenoxy) is 2. The van der Waals surface area contributed by atoms with Crippen molar-refractivity contribution in [3.05, 3.63) is 81.8 Å². The first-order chi connectivity index (χ1) is 21.4. The zero-order chi connectivity index (χ0) is 31.2. The molecule has 0 spiro atoms. The largest absolute Gasteiger partial charge is 0.493 e. The molecule has 3 N–H and O–H groups in total. The number of rotatable bonds is 11. The highest BCUT2D eigenvalue weighted by atomic mass is 32.2. The highest BCUT2D eigenvalue weighted by molar-refractivity contribution is 8.01. The molecule has 0 bridgehead atoms. The van der Waals surface area contributed by atoms with Gasteiger partial charge in [-0.25, -0.2) is 0 Å². The molecule has 1 aliphatic heterocycles. The molecule has 1 unspecified atom stereocenters. The summed E-state index contributed by atoms with van der Waals surface area (Å²) in [5.41, 5.74) is 11.4. The number of carbonyl (C=O) groups excluding carboxylic acids is 2. The first kappa shape index (κ1) is 31.1. The molecule has 0 fully saturated rings. The standard InChI is InChI=1S/C32H34N6O4S2/c1-4-19-8-11-21(12-9-19)28-22(17-33)30(34)38(23-6-5-7-24(39)29(23)28)31-36-37-32(44-31)43-18-27(40)35-15-14-20-10-13-25(41-2)26(16-20)42-3/h8-13,16,28H,4-7,14-15,18,34H2,1-3H3,(H,35,40). The molecule has 10 nitrogen and oxygen atoms in total. The molecule has 2 aromatic carbocycles. The van der Waals surface area contributed by atoms with Gasteiger partial charge in [0, 0.05) is 24.2 Å². The van der Waals surface area contributed by atoms with Crippen LogP contribution in [0.5, 0.6) is 11.5 Å². The second-order valence-electron chi connectivity index (χ2n) is 10.3. The highest BCUT2D eigenvalue weighted by Gasteiger charge is 2.41. The van der Waals surface area contributed by atoms with E-state index in [1.165, 1.54) is 28.7 Å². The van der Waals surface area contributed by atoms with Crippen molar-refractivity contribution in [3.63, 3.8) is 0 Å². The summed E-state index contributed by atoms with van der Waals surface area (Å²) in [4.78, 5) is 27.6. The van der Waals surface area contributed by atoms with E-state index in [1.54, 1.807) is 19.1 Å². The van der Waals surface area contributed by atoms with Crippen LogP contribution >= 0.6 is 23.1 Å². The second kappa shape index (κ2) is 14.0. The van der Waals surface area contributed by atoms with Crippen LogP contribution in [0.2, 0.25) is 0 Å². The van der Waals surface area contributed by atoms with E-state index in [0.29, 0.717) is 64.3 Å². The number of nitrogens with two attached hydrogens (primary N) is 1. The fraction of sp³-hybridized carbons (Fsp3) is 0.344. The number of Topliss-reactive ketones (excluding diaryl/α,β-unsaturated/α-hetero) is 1. The van der Waals surface area contributed by atoms with Crippen LogP contribution in [0.4, 0.5) is 5.13 Å². The number of carbonyl (C=O) groups is 2. The maximum atomic E-state index is 13.4. The number of anilines is 1. The Kier molecular flexibility index (Phi) is 9.87. The van der Waals surface area contributed by atoms with Gasteiger partial charge in [-0.1, -0.05) is 60.4 Å². The lowest BCUT2D eigenvalue weighted by molar-refractivity contribution is -0.118. The van der Waals surface area contributed by atoms with Gasteiger partial charge < -0.3 is 20.5 Å². The minimum atomic E-state index is -0.519. The van der Waals surface area contributed by atoms with E-state index >= 15 is 0 Å². The molecule has 0 radical (unpaired) electrons. The first-order valence-electron chi connectivity index (χ1n) is 14.4. The third kappa shape index (κ3) is 6.44. The molecule has 3 aromatic rings. The molecular weight excluding hydrogens is 597 g/mol. The topological polar surface area (TPSA) is 143 Å². The number of nitriles is 1. The Hall–Kier alpha value is -4.34. The number of thioether (sulfide) groups is 1. The molecule has 2 aliphatic rings. The molecule has 2 heterocycles. The smallest absolute Gasteiger partial charge is 0.230 e. The lowest BCUT2D eigenvalue weighted by Crippen LogP contribution is -2.38. The highest BCUT2D eigenvalue weighted by Crippen LogP contribution is 2.47. The number of benzene rings is 2. The van der Waals surface area contributed by atoms with Crippen molar-refractivity contribution in [3.8, 4) is 17.6 Å². The summed E-state index contributed by atoms with van der Waals surface area (Å²) in [6, 6.07) is 16.0. The third-order valence-corrected chi connectivity index (χ3v) is 9.77. The van der Waals surface area contributed by atoms with Gasteiger partial charge in [0.25, 0.3) is 0 Å². The van der Waals surface area contributed by atoms with Gasteiger partial charge in [0.1, 0.15) is 5.82 Å². The molecule has 12 heteroatoms. The summed E-state index contributed by atoms with van der Waals surface area (Å²) < 4.78 is 11.2. The molecule has 228 valence electrons. The lowest BCUT2D eigenvalue weighted by Gasteiger charge is -2.38. The van der Waals surface area contributed by atoms with E-state index < -0.39 is 5.92 Å². The first-order valence-corrected chi connectivity index (χ1v) is 16.2. The number of hydrogen-bond donors (Lipinski definition) is 2. The van der Waals surface area contributed by atoms with Gasteiger partial charge in [0.2, 0.25) is 11.0 Å². The van der Waals surface area contributed by atoms with Crippen molar-refractivity contribution >= 4 is 39.9 Å². The van der Waals surface area contributed by atoms with Crippen LogP contribution in [-0.2, 0) is 22.4 Å². The van der Waals surface area contributed by atoms with Gasteiger partial charge in [-0.15, -0.1) is 10.2 Å². The lowest BCUT2D eigenvalue weighted by atomic mass is 9.75. The van der Waals surface area contributed by atoms with Crippen LogP contribution in [0.25, 0.3) is 0 Å². The predicted molar refractivity (Wildman–Crippen MR) is 171 cm³/mol. The number of aromatic nitrogens is 2. The van der Waals surface area contributed by atoms with Gasteiger partial charge >= 0.3 is 0 Å². The molecule has 5 rings (SSSR count). The molecule has 44 heavy (non-hydrogen) atoms. The van der Waals surface area contributed by atoms with Crippen LogP contribution in [0.3, 0.4) is 0 Å². The summed E-state index contributed by atoms with van der Waals surface area (Å²) in [5, 5.41) is 22.3. The molecule has 0 saturated carbocycles. The van der Waals surface area contributed by atoms with Crippen molar-refractivity contribution < 1.29 is 19.1 Å². The Bertz CT molecular complexity index is 1660. The van der Waals surface area contributed by atoms with Crippen molar-refractivity contribution in [1.82, 2.24) is 15.5 Å². The number of methoxy groups -OCH3 is 2. The summed E-state index contributed by atoms with van der Waals surface area (Å²) >= 11 is 2.55. The second-order valence-corrected chi connectivity index (χ2v) is 12.5. The number of ketones is 1. The average Bonchev–Trinajstić information content (AvgIpc) is 3.51.